The van der Waals surface area contributed by atoms with Gasteiger partial charge in [-0.25, -0.2) is 0 Å². The lowest BCUT2D eigenvalue weighted by Gasteiger charge is -2.19. The lowest BCUT2D eigenvalue weighted by molar-refractivity contribution is -0.117. The third-order valence-corrected chi connectivity index (χ3v) is 4.13. The number of amides is 1. The van der Waals surface area contributed by atoms with Gasteiger partial charge >= 0.3 is 0 Å². The fourth-order valence-electron chi connectivity index (χ4n) is 2.70. The van der Waals surface area contributed by atoms with E-state index >= 15 is 0 Å². The van der Waals surface area contributed by atoms with Gasteiger partial charge in [-0.3, -0.25) is 4.79 Å². The molecule has 27 heavy (non-hydrogen) atoms. The fourth-order valence-corrected chi connectivity index (χ4v) is 2.70. The Bertz CT molecular complexity index is 728. The number of nitriles is 1. The SMILES string of the molecule is N#C/C(=C/NCCCCCO)C(=O)NC(c1ccccc1)c1ccccc1. The zero-order chi connectivity index (χ0) is 19.3. The molecule has 2 aromatic rings. The molecule has 0 aliphatic rings. The van der Waals surface area contributed by atoms with Gasteiger partial charge in [0.1, 0.15) is 11.6 Å². The smallest absolute Gasteiger partial charge is 0.264 e. The minimum absolute atomic E-state index is 0.0361. The van der Waals surface area contributed by atoms with Gasteiger partial charge in [-0.15, -0.1) is 0 Å². The Labute approximate surface area is 160 Å². The molecule has 0 fully saturated rings. The molecule has 0 atom stereocenters. The van der Waals surface area contributed by atoms with Gasteiger partial charge in [0, 0.05) is 19.4 Å². The maximum absolute atomic E-state index is 12.6. The summed E-state index contributed by atoms with van der Waals surface area (Å²) in [6.45, 7) is 0.835. The fraction of sp³-hybridized carbons (Fsp3) is 0.273. The van der Waals surface area contributed by atoms with Crippen molar-refractivity contribution >= 4 is 5.91 Å². The summed E-state index contributed by atoms with van der Waals surface area (Å²) in [4.78, 5) is 12.6. The second kappa shape index (κ2) is 11.5. The third kappa shape index (κ3) is 6.61. The number of benzene rings is 2. The zero-order valence-electron chi connectivity index (χ0n) is 15.3. The van der Waals surface area contributed by atoms with E-state index in [0.717, 1.165) is 30.4 Å². The summed E-state index contributed by atoms with van der Waals surface area (Å²) in [6.07, 6.45) is 3.98. The highest BCUT2D eigenvalue weighted by atomic mass is 16.2. The normalized spacial score (nSPS) is 11.1. The molecule has 0 aliphatic heterocycles. The van der Waals surface area contributed by atoms with E-state index in [1.165, 1.54) is 6.20 Å². The van der Waals surface area contributed by atoms with Crippen LogP contribution in [0.3, 0.4) is 0 Å². The molecule has 1 amide bonds. The van der Waals surface area contributed by atoms with E-state index in [1.807, 2.05) is 66.7 Å². The highest BCUT2D eigenvalue weighted by Crippen LogP contribution is 2.22. The molecule has 0 aliphatic carbocycles. The average Bonchev–Trinajstić information content (AvgIpc) is 2.72. The lowest BCUT2D eigenvalue weighted by atomic mass is 9.98. The van der Waals surface area contributed by atoms with Crippen LogP contribution in [-0.2, 0) is 4.79 Å². The molecule has 0 heterocycles. The summed E-state index contributed by atoms with van der Waals surface area (Å²) in [5, 5.41) is 24.1. The summed E-state index contributed by atoms with van der Waals surface area (Å²) in [5.74, 6) is -0.418. The number of carbonyl (C=O) groups is 1. The van der Waals surface area contributed by atoms with Crippen molar-refractivity contribution in [2.75, 3.05) is 13.2 Å². The Morgan fingerprint density at radius 3 is 2.11 bits per heavy atom. The van der Waals surface area contributed by atoms with Crippen LogP contribution < -0.4 is 10.6 Å². The van der Waals surface area contributed by atoms with Crippen LogP contribution in [0.1, 0.15) is 36.4 Å². The summed E-state index contributed by atoms with van der Waals surface area (Å²) in [7, 11) is 0. The number of nitrogens with one attached hydrogen (secondary N) is 2. The van der Waals surface area contributed by atoms with Gasteiger partial charge in [0.25, 0.3) is 5.91 Å². The van der Waals surface area contributed by atoms with Crippen LogP contribution in [0.2, 0.25) is 0 Å². The Balaban J connectivity index is 2.07. The van der Waals surface area contributed by atoms with Crippen molar-refractivity contribution in [3.05, 3.63) is 83.6 Å². The molecule has 5 heteroatoms. The first-order valence-electron chi connectivity index (χ1n) is 9.11. The van der Waals surface area contributed by atoms with Crippen molar-refractivity contribution in [3.63, 3.8) is 0 Å². The van der Waals surface area contributed by atoms with E-state index in [9.17, 15) is 10.1 Å². The molecule has 0 saturated carbocycles. The van der Waals surface area contributed by atoms with E-state index < -0.39 is 5.91 Å². The monoisotopic (exact) mass is 363 g/mol. The van der Waals surface area contributed by atoms with Crippen molar-refractivity contribution in [2.45, 2.75) is 25.3 Å². The van der Waals surface area contributed by atoms with Crippen molar-refractivity contribution in [2.24, 2.45) is 0 Å². The van der Waals surface area contributed by atoms with E-state index in [0.29, 0.717) is 6.54 Å². The highest BCUT2D eigenvalue weighted by Gasteiger charge is 2.18. The molecule has 0 bridgehead atoms. The van der Waals surface area contributed by atoms with Crippen LogP contribution in [0.25, 0.3) is 0 Å². The van der Waals surface area contributed by atoms with Gasteiger partial charge in [0.05, 0.1) is 6.04 Å². The quantitative estimate of drug-likeness (QED) is 0.344. The van der Waals surface area contributed by atoms with Gasteiger partial charge < -0.3 is 15.7 Å². The van der Waals surface area contributed by atoms with Crippen LogP contribution in [-0.4, -0.2) is 24.2 Å². The molecule has 0 unspecified atom stereocenters. The van der Waals surface area contributed by atoms with E-state index in [4.69, 9.17) is 5.11 Å². The van der Waals surface area contributed by atoms with Gasteiger partial charge in [-0.1, -0.05) is 60.7 Å². The number of nitrogens with zero attached hydrogens (tertiary/aromatic N) is 1. The van der Waals surface area contributed by atoms with Crippen LogP contribution in [0.4, 0.5) is 0 Å². The standard InChI is InChI=1S/C22H25N3O2/c23-16-20(17-24-14-8-3-9-15-26)22(27)25-21(18-10-4-1-5-11-18)19-12-6-2-7-13-19/h1-2,4-7,10-13,17,21,24,26H,3,8-9,14-15H2,(H,25,27)/b20-17-. The second-order valence-electron chi connectivity index (χ2n) is 6.14. The van der Waals surface area contributed by atoms with Crippen molar-refractivity contribution in [1.82, 2.24) is 10.6 Å². The number of rotatable bonds is 10. The molecule has 0 spiro atoms. The van der Waals surface area contributed by atoms with Crippen molar-refractivity contribution in [1.29, 1.82) is 5.26 Å². The number of hydrogen-bond acceptors (Lipinski definition) is 4. The van der Waals surface area contributed by atoms with Gasteiger partial charge in [-0.2, -0.15) is 5.26 Å². The molecule has 0 aromatic heterocycles. The number of unbranched alkanes of at least 4 members (excludes halogenated alkanes) is 2. The van der Waals surface area contributed by atoms with Crippen LogP contribution in [0, 0.1) is 11.3 Å². The van der Waals surface area contributed by atoms with E-state index in [1.54, 1.807) is 0 Å². The summed E-state index contributed by atoms with van der Waals surface area (Å²) in [6, 6.07) is 21.0. The number of aliphatic hydroxyl groups is 1. The predicted molar refractivity (Wildman–Crippen MR) is 106 cm³/mol. The second-order valence-corrected chi connectivity index (χ2v) is 6.14. The Morgan fingerprint density at radius 1 is 1.00 bits per heavy atom. The number of aliphatic hydroxyl groups excluding tert-OH is 1. The number of carbonyl (C=O) groups excluding carboxylic acids is 1. The molecule has 2 rings (SSSR count). The molecular weight excluding hydrogens is 338 g/mol. The molecule has 3 N–H and O–H groups in total. The summed E-state index contributed by atoms with van der Waals surface area (Å²) < 4.78 is 0. The molecule has 2 aromatic carbocycles. The average molecular weight is 363 g/mol. The first-order chi connectivity index (χ1) is 13.3. The van der Waals surface area contributed by atoms with Gasteiger partial charge in [-0.05, 0) is 30.4 Å². The Kier molecular flexibility index (Phi) is 8.61. The third-order valence-electron chi connectivity index (χ3n) is 4.13. The molecule has 0 radical (unpaired) electrons. The highest BCUT2D eigenvalue weighted by molar-refractivity contribution is 5.97. The summed E-state index contributed by atoms with van der Waals surface area (Å²) >= 11 is 0. The van der Waals surface area contributed by atoms with Gasteiger partial charge in [0.15, 0.2) is 0 Å². The van der Waals surface area contributed by atoms with Crippen molar-refractivity contribution in [3.8, 4) is 6.07 Å². The first kappa shape index (κ1) is 20.2. The predicted octanol–water partition coefficient (Wildman–Crippen LogP) is 3.05. The number of hydrogen-bond donors (Lipinski definition) is 3. The minimum atomic E-state index is -0.418. The molecular formula is C22H25N3O2. The molecule has 5 nitrogen and oxygen atoms in total. The Hall–Kier alpha value is -3.10. The Morgan fingerprint density at radius 2 is 1.59 bits per heavy atom. The van der Waals surface area contributed by atoms with Crippen LogP contribution in [0.15, 0.2) is 72.4 Å². The van der Waals surface area contributed by atoms with Crippen LogP contribution >= 0.6 is 0 Å². The minimum Gasteiger partial charge on any atom is -0.396 e. The lowest BCUT2D eigenvalue weighted by Crippen LogP contribution is -2.31. The van der Waals surface area contributed by atoms with E-state index in [2.05, 4.69) is 10.6 Å². The zero-order valence-corrected chi connectivity index (χ0v) is 15.3. The van der Waals surface area contributed by atoms with Gasteiger partial charge in [0.2, 0.25) is 0 Å². The first-order valence-corrected chi connectivity index (χ1v) is 9.11. The van der Waals surface area contributed by atoms with E-state index in [-0.39, 0.29) is 18.2 Å². The van der Waals surface area contributed by atoms with Crippen LogP contribution in [0.5, 0.6) is 0 Å². The maximum Gasteiger partial charge on any atom is 0.264 e. The van der Waals surface area contributed by atoms with Crippen molar-refractivity contribution < 1.29 is 9.90 Å². The molecule has 0 saturated heterocycles. The maximum atomic E-state index is 12.6. The largest absolute Gasteiger partial charge is 0.396 e. The molecule has 140 valence electrons. The topological polar surface area (TPSA) is 85.2 Å². The summed E-state index contributed by atoms with van der Waals surface area (Å²) in [5.41, 5.74) is 1.94.